The van der Waals surface area contributed by atoms with Crippen molar-refractivity contribution in [1.29, 1.82) is 0 Å². The molecule has 27 heavy (non-hydrogen) atoms. The third-order valence-electron chi connectivity index (χ3n) is 5.34. The van der Waals surface area contributed by atoms with Gasteiger partial charge in [0.05, 0.1) is 6.54 Å². The smallest absolute Gasteiger partial charge is 0.234 e. The summed E-state index contributed by atoms with van der Waals surface area (Å²) in [6, 6.07) is 10.9. The van der Waals surface area contributed by atoms with Gasteiger partial charge in [0.2, 0.25) is 5.91 Å². The van der Waals surface area contributed by atoms with Crippen LogP contribution < -0.4 is 5.32 Å². The maximum absolute atomic E-state index is 12.0. The van der Waals surface area contributed by atoms with Crippen LogP contribution >= 0.6 is 11.8 Å². The van der Waals surface area contributed by atoms with Gasteiger partial charge in [-0.1, -0.05) is 42.1 Å². The number of rotatable bonds is 7. The van der Waals surface area contributed by atoms with Gasteiger partial charge in [0, 0.05) is 24.8 Å². The van der Waals surface area contributed by atoms with E-state index >= 15 is 0 Å². The van der Waals surface area contributed by atoms with Crippen molar-refractivity contribution < 1.29 is 4.79 Å². The molecule has 1 saturated heterocycles. The largest absolute Gasteiger partial charge is 0.352 e. The molecule has 4 rings (SSSR count). The molecule has 1 saturated carbocycles. The van der Waals surface area contributed by atoms with Gasteiger partial charge in [-0.25, -0.2) is 0 Å². The van der Waals surface area contributed by atoms with Crippen molar-refractivity contribution in [2.24, 2.45) is 7.05 Å². The lowest BCUT2D eigenvalue weighted by Crippen LogP contribution is -2.42. The second kappa shape index (κ2) is 8.44. The van der Waals surface area contributed by atoms with Crippen molar-refractivity contribution in [3.05, 3.63) is 41.7 Å². The first-order valence-electron chi connectivity index (χ1n) is 9.77. The van der Waals surface area contributed by atoms with E-state index < -0.39 is 0 Å². The number of carbonyl (C=O) groups is 1. The van der Waals surface area contributed by atoms with Crippen molar-refractivity contribution in [3.8, 4) is 0 Å². The van der Waals surface area contributed by atoms with Crippen LogP contribution in [0.4, 0.5) is 0 Å². The third-order valence-corrected chi connectivity index (χ3v) is 6.43. The zero-order valence-electron chi connectivity index (χ0n) is 15.8. The van der Waals surface area contributed by atoms with E-state index in [9.17, 15) is 4.79 Å². The summed E-state index contributed by atoms with van der Waals surface area (Å²) < 4.78 is 2.15. The summed E-state index contributed by atoms with van der Waals surface area (Å²) in [4.78, 5) is 14.2. The van der Waals surface area contributed by atoms with Gasteiger partial charge in [-0.2, -0.15) is 0 Å². The number of amides is 1. The van der Waals surface area contributed by atoms with Gasteiger partial charge in [-0.3, -0.25) is 9.69 Å². The molecule has 2 aromatic rings. The summed E-state index contributed by atoms with van der Waals surface area (Å²) in [6.07, 6.45) is 4.35. The van der Waals surface area contributed by atoms with E-state index in [0.717, 1.165) is 55.5 Å². The number of likely N-dealkylation sites (tertiary alicyclic amines) is 1. The van der Waals surface area contributed by atoms with Crippen molar-refractivity contribution in [1.82, 2.24) is 25.0 Å². The first kappa shape index (κ1) is 18.5. The fourth-order valence-corrected chi connectivity index (χ4v) is 4.46. The average molecular weight is 386 g/mol. The highest BCUT2D eigenvalue weighted by molar-refractivity contribution is 7.98. The molecule has 1 aromatic carbocycles. The number of hydrogen-bond acceptors (Lipinski definition) is 5. The average Bonchev–Trinajstić information content (AvgIpc) is 3.42. The predicted octanol–water partition coefficient (Wildman–Crippen LogP) is 2.57. The molecule has 1 aliphatic carbocycles. The monoisotopic (exact) mass is 385 g/mol. The van der Waals surface area contributed by atoms with Crippen molar-refractivity contribution in [2.45, 2.75) is 48.6 Å². The number of hydrogen-bond donors (Lipinski definition) is 1. The highest BCUT2D eigenvalue weighted by Crippen LogP contribution is 2.29. The van der Waals surface area contributed by atoms with Gasteiger partial charge in [-0.05, 0) is 44.3 Å². The molecule has 2 fully saturated rings. The van der Waals surface area contributed by atoms with Crippen LogP contribution in [0, 0.1) is 0 Å². The lowest BCUT2D eigenvalue weighted by atomic mass is 9.96. The molecule has 1 aliphatic heterocycles. The van der Waals surface area contributed by atoms with Crippen LogP contribution in [0.2, 0.25) is 0 Å². The van der Waals surface area contributed by atoms with E-state index in [-0.39, 0.29) is 5.91 Å². The highest BCUT2D eigenvalue weighted by Gasteiger charge is 2.28. The van der Waals surface area contributed by atoms with Crippen LogP contribution in [0.5, 0.6) is 0 Å². The first-order valence-corrected chi connectivity index (χ1v) is 10.8. The number of carbonyl (C=O) groups excluding carboxylic acids is 1. The highest BCUT2D eigenvalue weighted by atomic mass is 32.2. The Morgan fingerprint density at radius 1 is 1.15 bits per heavy atom. The zero-order chi connectivity index (χ0) is 18.6. The molecule has 0 unspecified atom stereocenters. The lowest BCUT2D eigenvalue weighted by Gasteiger charge is -2.30. The van der Waals surface area contributed by atoms with E-state index in [1.165, 1.54) is 5.56 Å². The number of piperidine rings is 1. The van der Waals surface area contributed by atoms with Crippen molar-refractivity contribution in [3.63, 3.8) is 0 Å². The van der Waals surface area contributed by atoms with Gasteiger partial charge in [0.15, 0.2) is 5.16 Å². The maximum atomic E-state index is 12.0. The SMILES string of the molecule is Cn1c(SCc2ccccc2)nnc1C1CCN(CC(=O)NC2CC2)CC1. The van der Waals surface area contributed by atoms with Crippen molar-refractivity contribution >= 4 is 17.7 Å². The Kier molecular flexibility index (Phi) is 5.78. The number of nitrogens with zero attached hydrogens (tertiary/aromatic N) is 4. The molecule has 0 atom stereocenters. The molecule has 0 spiro atoms. The van der Waals surface area contributed by atoms with Gasteiger partial charge in [0.1, 0.15) is 5.82 Å². The Morgan fingerprint density at radius 3 is 2.59 bits per heavy atom. The number of nitrogens with one attached hydrogen (secondary N) is 1. The minimum absolute atomic E-state index is 0.175. The minimum Gasteiger partial charge on any atom is -0.352 e. The number of aromatic nitrogens is 3. The fraction of sp³-hybridized carbons (Fsp3) is 0.550. The van der Waals surface area contributed by atoms with Crippen LogP contribution in [0.3, 0.4) is 0 Å². The Labute approximate surface area is 164 Å². The Morgan fingerprint density at radius 2 is 1.89 bits per heavy atom. The summed E-state index contributed by atoms with van der Waals surface area (Å²) in [5, 5.41) is 12.9. The molecular formula is C20H27N5OS. The molecule has 2 aliphatic rings. The summed E-state index contributed by atoms with van der Waals surface area (Å²) >= 11 is 1.73. The van der Waals surface area contributed by atoms with Crippen LogP contribution in [0.1, 0.15) is 43.0 Å². The Hall–Kier alpha value is -1.86. The molecule has 2 heterocycles. The second-order valence-corrected chi connectivity index (χ2v) is 8.51. The summed E-state index contributed by atoms with van der Waals surface area (Å²) in [5.74, 6) is 2.58. The Bertz CT molecular complexity index is 766. The molecule has 0 radical (unpaired) electrons. The van der Waals surface area contributed by atoms with Gasteiger partial charge < -0.3 is 9.88 Å². The number of benzene rings is 1. The topological polar surface area (TPSA) is 63.1 Å². The van der Waals surface area contributed by atoms with Crippen LogP contribution in [0.25, 0.3) is 0 Å². The first-order chi connectivity index (χ1) is 13.2. The van der Waals surface area contributed by atoms with E-state index in [1.54, 1.807) is 11.8 Å². The zero-order valence-corrected chi connectivity index (χ0v) is 16.6. The summed E-state index contributed by atoms with van der Waals surface area (Å²) in [7, 11) is 2.07. The van der Waals surface area contributed by atoms with Crippen LogP contribution in [0.15, 0.2) is 35.5 Å². The Balaban J connectivity index is 1.28. The van der Waals surface area contributed by atoms with E-state index in [4.69, 9.17) is 0 Å². The molecule has 1 aromatic heterocycles. The summed E-state index contributed by atoms with van der Waals surface area (Å²) in [5.41, 5.74) is 1.30. The molecular weight excluding hydrogens is 358 g/mol. The standard InChI is InChI=1S/C20H27N5OS/c1-24-19(22-23-20(24)27-14-15-5-3-2-4-6-15)16-9-11-25(12-10-16)13-18(26)21-17-7-8-17/h2-6,16-17H,7-14H2,1H3,(H,21,26). The van der Waals surface area contributed by atoms with Gasteiger partial charge in [-0.15, -0.1) is 10.2 Å². The lowest BCUT2D eigenvalue weighted by molar-refractivity contribution is -0.122. The summed E-state index contributed by atoms with van der Waals surface area (Å²) in [6.45, 7) is 2.42. The molecule has 6 nitrogen and oxygen atoms in total. The van der Waals surface area contributed by atoms with E-state index in [1.807, 2.05) is 6.07 Å². The van der Waals surface area contributed by atoms with Gasteiger partial charge >= 0.3 is 0 Å². The van der Waals surface area contributed by atoms with Gasteiger partial charge in [0.25, 0.3) is 0 Å². The second-order valence-electron chi connectivity index (χ2n) is 7.57. The van der Waals surface area contributed by atoms with E-state index in [0.29, 0.717) is 18.5 Å². The van der Waals surface area contributed by atoms with Crippen LogP contribution in [-0.4, -0.2) is 51.2 Å². The maximum Gasteiger partial charge on any atom is 0.234 e. The molecule has 0 bridgehead atoms. The van der Waals surface area contributed by atoms with Crippen molar-refractivity contribution in [2.75, 3.05) is 19.6 Å². The molecule has 144 valence electrons. The fourth-order valence-electron chi connectivity index (χ4n) is 3.58. The predicted molar refractivity (Wildman–Crippen MR) is 107 cm³/mol. The molecule has 1 N–H and O–H groups in total. The minimum atomic E-state index is 0.175. The van der Waals surface area contributed by atoms with E-state index in [2.05, 4.69) is 56.3 Å². The third kappa shape index (κ3) is 4.90. The normalized spacial score (nSPS) is 18.6. The molecule has 7 heteroatoms. The molecule has 1 amide bonds. The number of thioether (sulfide) groups is 1. The van der Waals surface area contributed by atoms with Crippen LogP contribution in [-0.2, 0) is 17.6 Å². The quantitative estimate of drug-likeness (QED) is 0.742.